The van der Waals surface area contributed by atoms with E-state index in [1.807, 2.05) is 0 Å². The fourth-order valence-electron chi connectivity index (χ4n) is 4.31. The fraction of sp³-hybridized carbons (Fsp3) is 0.231. The van der Waals surface area contributed by atoms with E-state index in [1.165, 1.54) is 24.3 Å². The molecule has 0 fully saturated rings. The minimum atomic E-state index is -0.536. The van der Waals surface area contributed by atoms with Crippen LogP contribution < -0.4 is 18.9 Å². The Balaban J connectivity index is 1.15. The molecular weight excluding hydrogens is 644 g/mol. The third-order valence-corrected chi connectivity index (χ3v) is 6.97. The number of esters is 4. The number of carbonyl (C=O) groups excluding carboxylic acids is 4. The van der Waals surface area contributed by atoms with E-state index >= 15 is 0 Å². The molecule has 260 valence electrons. The normalized spacial score (nSPS) is 10.4. The van der Waals surface area contributed by atoms with Crippen molar-refractivity contribution in [1.82, 2.24) is 0 Å². The number of carbonyl (C=O) groups is 4. The summed E-state index contributed by atoms with van der Waals surface area (Å²) in [4.78, 5) is 48.7. The lowest BCUT2D eigenvalue weighted by molar-refractivity contribution is -0.137. The maximum atomic E-state index is 12.6. The van der Waals surface area contributed by atoms with E-state index in [0.29, 0.717) is 66.6 Å². The van der Waals surface area contributed by atoms with Crippen molar-refractivity contribution in [3.63, 3.8) is 0 Å². The molecule has 4 rings (SSSR count). The summed E-state index contributed by atoms with van der Waals surface area (Å²) in [6.45, 7) is 5.15. The van der Waals surface area contributed by atoms with Crippen molar-refractivity contribution < 1.29 is 52.3 Å². The summed E-state index contributed by atoms with van der Waals surface area (Å²) < 4.78 is 37.3. The predicted octanol–water partition coefficient (Wildman–Crippen LogP) is 6.44. The first-order chi connectivity index (χ1) is 24.3. The molecule has 0 aliphatic heterocycles. The molecule has 4 aromatic rings. The zero-order chi connectivity index (χ0) is 35.6. The fourth-order valence-corrected chi connectivity index (χ4v) is 4.31. The van der Waals surface area contributed by atoms with E-state index in [4.69, 9.17) is 33.2 Å². The first kappa shape index (κ1) is 36.9. The van der Waals surface area contributed by atoms with E-state index in [0.717, 1.165) is 18.1 Å². The summed E-state index contributed by atoms with van der Waals surface area (Å²) in [6.07, 6.45) is 2.83. The molecule has 0 amide bonds. The van der Waals surface area contributed by atoms with Crippen LogP contribution in [0.25, 0.3) is 0 Å². The zero-order valence-electron chi connectivity index (χ0n) is 27.7. The van der Waals surface area contributed by atoms with Crippen LogP contribution in [0, 0.1) is 0 Å². The van der Waals surface area contributed by atoms with Crippen molar-refractivity contribution in [2.24, 2.45) is 0 Å². The molecule has 0 saturated heterocycles. The van der Waals surface area contributed by atoms with Crippen LogP contribution in [0.5, 0.6) is 23.0 Å². The maximum Gasteiger partial charge on any atom is 0.343 e. The Kier molecular flexibility index (Phi) is 14.6. The highest BCUT2D eigenvalue weighted by molar-refractivity contribution is 5.92. The average molecular weight is 683 g/mol. The van der Waals surface area contributed by atoms with Gasteiger partial charge in [0.05, 0.1) is 43.1 Å². The Morgan fingerprint density at radius 1 is 0.520 bits per heavy atom. The zero-order valence-corrected chi connectivity index (χ0v) is 27.7. The van der Waals surface area contributed by atoms with Crippen molar-refractivity contribution in [3.05, 3.63) is 132 Å². The molecule has 0 unspecified atom stereocenters. The minimum absolute atomic E-state index is 0.134. The Labute approximate surface area is 290 Å². The highest BCUT2D eigenvalue weighted by atomic mass is 16.5. The molecule has 50 heavy (non-hydrogen) atoms. The van der Waals surface area contributed by atoms with Crippen molar-refractivity contribution >= 4 is 23.9 Å². The third kappa shape index (κ3) is 12.3. The van der Waals surface area contributed by atoms with Gasteiger partial charge in [0, 0.05) is 39.1 Å². The van der Waals surface area contributed by atoms with Crippen LogP contribution in [0.1, 0.15) is 49.5 Å². The first-order valence-corrected chi connectivity index (χ1v) is 15.9. The number of rotatable bonds is 19. The lowest BCUT2D eigenvalue weighted by Crippen LogP contribution is -2.10. The minimum Gasteiger partial charge on any atom is -0.494 e. The highest BCUT2D eigenvalue weighted by Crippen LogP contribution is 2.19. The number of hydrogen-bond acceptors (Lipinski definition) is 11. The van der Waals surface area contributed by atoms with Gasteiger partial charge in [0.2, 0.25) is 0 Å². The van der Waals surface area contributed by atoms with Gasteiger partial charge in [-0.2, -0.15) is 0 Å². The summed E-state index contributed by atoms with van der Waals surface area (Å²) >= 11 is 0. The van der Waals surface area contributed by atoms with Crippen molar-refractivity contribution in [2.45, 2.75) is 19.3 Å². The molecule has 0 aliphatic rings. The van der Waals surface area contributed by atoms with E-state index in [9.17, 15) is 19.2 Å². The summed E-state index contributed by atoms with van der Waals surface area (Å²) in [7, 11) is 1.63. The second-order valence-corrected chi connectivity index (χ2v) is 10.7. The number of benzene rings is 4. The van der Waals surface area contributed by atoms with Crippen LogP contribution in [0.2, 0.25) is 0 Å². The summed E-state index contributed by atoms with van der Waals surface area (Å²) in [5.41, 5.74) is 1.91. The standard InChI is InChI=1S/C39H38O11/c1-3-36(40)47-26-5-25-46-33-18-10-30(11-19-33)38(42)49-34-14-6-28(7-15-34)22-27-48-37(41)29-12-20-35(21-13-29)50-39(43)31-8-16-32(17-9-31)45-24-4-23-44-2/h3,6-21H,1,4-5,22-27H2,2H3. The van der Waals surface area contributed by atoms with Gasteiger partial charge in [0.1, 0.15) is 23.0 Å². The van der Waals surface area contributed by atoms with E-state index in [-0.39, 0.29) is 19.0 Å². The summed E-state index contributed by atoms with van der Waals surface area (Å²) in [5, 5.41) is 0. The molecule has 0 aromatic heterocycles. The quantitative estimate of drug-likeness (QED) is 0.0469. The molecule has 0 saturated carbocycles. The van der Waals surface area contributed by atoms with Gasteiger partial charge in [-0.25, -0.2) is 19.2 Å². The lowest BCUT2D eigenvalue weighted by atomic mass is 10.1. The van der Waals surface area contributed by atoms with Gasteiger partial charge in [-0.1, -0.05) is 18.7 Å². The largest absolute Gasteiger partial charge is 0.494 e. The molecule has 4 aromatic carbocycles. The smallest absolute Gasteiger partial charge is 0.343 e. The molecule has 0 bridgehead atoms. The van der Waals surface area contributed by atoms with Crippen LogP contribution >= 0.6 is 0 Å². The van der Waals surface area contributed by atoms with Gasteiger partial charge in [-0.15, -0.1) is 0 Å². The van der Waals surface area contributed by atoms with Crippen molar-refractivity contribution in [2.75, 3.05) is 40.1 Å². The van der Waals surface area contributed by atoms with Crippen LogP contribution in [-0.2, 0) is 25.4 Å². The molecule has 0 N–H and O–H groups in total. The highest BCUT2D eigenvalue weighted by Gasteiger charge is 2.13. The Morgan fingerprint density at radius 3 is 1.44 bits per heavy atom. The predicted molar refractivity (Wildman–Crippen MR) is 183 cm³/mol. The Hall–Kier alpha value is -5.94. The molecule has 0 radical (unpaired) electrons. The van der Waals surface area contributed by atoms with Gasteiger partial charge in [0.25, 0.3) is 0 Å². The van der Waals surface area contributed by atoms with Crippen LogP contribution in [0.3, 0.4) is 0 Å². The van der Waals surface area contributed by atoms with Gasteiger partial charge >= 0.3 is 23.9 Å². The second-order valence-electron chi connectivity index (χ2n) is 10.7. The monoisotopic (exact) mass is 682 g/mol. The van der Waals surface area contributed by atoms with Gasteiger partial charge in [-0.3, -0.25) is 0 Å². The average Bonchev–Trinajstić information content (AvgIpc) is 3.14. The number of methoxy groups -OCH3 is 1. The van der Waals surface area contributed by atoms with Gasteiger partial charge < -0.3 is 33.2 Å². The van der Waals surface area contributed by atoms with Crippen LogP contribution in [-0.4, -0.2) is 64.0 Å². The lowest BCUT2D eigenvalue weighted by Gasteiger charge is -2.09. The van der Waals surface area contributed by atoms with Gasteiger partial charge in [0.15, 0.2) is 0 Å². The van der Waals surface area contributed by atoms with Gasteiger partial charge in [-0.05, 0) is 90.5 Å². The third-order valence-electron chi connectivity index (χ3n) is 6.97. The van der Waals surface area contributed by atoms with E-state index in [2.05, 4.69) is 6.58 Å². The Morgan fingerprint density at radius 2 is 0.960 bits per heavy atom. The summed E-state index contributed by atoms with van der Waals surface area (Å²) in [6, 6.07) is 26.2. The van der Waals surface area contributed by atoms with Crippen molar-refractivity contribution in [3.8, 4) is 23.0 Å². The molecule has 0 heterocycles. The van der Waals surface area contributed by atoms with Crippen LogP contribution in [0.4, 0.5) is 0 Å². The maximum absolute atomic E-state index is 12.6. The van der Waals surface area contributed by atoms with Crippen LogP contribution in [0.15, 0.2) is 110 Å². The molecule has 11 nitrogen and oxygen atoms in total. The summed E-state index contributed by atoms with van der Waals surface area (Å²) in [5.74, 6) is -0.189. The molecule has 0 spiro atoms. The second kappa shape index (κ2) is 19.8. The topological polar surface area (TPSA) is 133 Å². The molecular formula is C39H38O11. The number of hydrogen-bond donors (Lipinski definition) is 0. The van der Waals surface area contributed by atoms with E-state index in [1.54, 1.807) is 79.9 Å². The molecule has 11 heteroatoms. The molecule has 0 atom stereocenters. The first-order valence-electron chi connectivity index (χ1n) is 15.9. The number of ether oxygens (including phenoxy) is 7. The van der Waals surface area contributed by atoms with Crippen molar-refractivity contribution in [1.29, 1.82) is 0 Å². The molecule has 0 aliphatic carbocycles. The Bertz CT molecular complexity index is 1700. The van der Waals surface area contributed by atoms with E-state index < -0.39 is 23.9 Å². The SMILES string of the molecule is C=CC(=O)OCCCOc1ccc(C(=O)Oc2ccc(CCOC(=O)c3ccc(OC(=O)c4ccc(OCCCOC)cc4)cc3)cc2)cc1.